The number of nitrogens with zero attached hydrogens (tertiary/aromatic N) is 1. The number of hydrogen-bond donors (Lipinski definition) is 0. The Kier molecular flexibility index (Phi) is 3.03. The minimum absolute atomic E-state index is 0.600. The number of hydroxylamine groups is 1. The first-order valence-electron chi connectivity index (χ1n) is 3.95. The average Bonchev–Trinajstić information content (AvgIpc) is 2.45. The molecule has 0 aliphatic heterocycles. The summed E-state index contributed by atoms with van der Waals surface area (Å²) in [6.07, 6.45) is 1.95. The van der Waals surface area contributed by atoms with Gasteiger partial charge < -0.3 is 9.62 Å². The third-order valence-electron chi connectivity index (χ3n) is 1.89. The molecule has 1 aromatic rings. The van der Waals surface area contributed by atoms with Gasteiger partial charge in [0.05, 0.1) is 0 Å². The van der Waals surface area contributed by atoms with Gasteiger partial charge in [-0.1, -0.05) is 11.8 Å². The highest BCUT2D eigenvalue weighted by Gasteiger charge is 2.12. The summed E-state index contributed by atoms with van der Waals surface area (Å²) >= 11 is 1.54. The standard InChI is InChI=1S/C9H13NO2S/c1-6-5-8(7(2)10(3)11)12-9(6)13-4/h5H,1-4H3. The van der Waals surface area contributed by atoms with Gasteiger partial charge in [0, 0.05) is 12.5 Å². The summed E-state index contributed by atoms with van der Waals surface area (Å²) in [4.78, 5) is 0. The van der Waals surface area contributed by atoms with E-state index in [9.17, 15) is 5.21 Å². The molecule has 0 atom stereocenters. The van der Waals surface area contributed by atoms with E-state index < -0.39 is 0 Å². The van der Waals surface area contributed by atoms with Gasteiger partial charge >= 0.3 is 0 Å². The third-order valence-corrected chi connectivity index (χ3v) is 2.66. The topological polar surface area (TPSA) is 39.2 Å². The third kappa shape index (κ3) is 2.06. The van der Waals surface area contributed by atoms with Crippen LogP contribution in [0.25, 0.3) is 0 Å². The van der Waals surface area contributed by atoms with Gasteiger partial charge in [-0.2, -0.15) is 0 Å². The maximum atomic E-state index is 11.0. The van der Waals surface area contributed by atoms with Crippen LogP contribution in [0.3, 0.4) is 0 Å². The molecule has 0 radical (unpaired) electrons. The summed E-state index contributed by atoms with van der Waals surface area (Å²) in [5.41, 5.74) is 1.67. The van der Waals surface area contributed by atoms with Crippen LogP contribution >= 0.6 is 11.8 Å². The molecule has 0 saturated heterocycles. The highest BCUT2D eigenvalue weighted by molar-refractivity contribution is 7.98. The van der Waals surface area contributed by atoms with E-state index in [0.717, 1.165) is 15.4 Å². The first kappa shape index (κ1) is 10.2. The van der Waals surface area contributed by atoms with Crippen LogP contribution in [0.4, 0.5) is 0 Å². The van der Waals surface area contributed by atoms with Gasteiger partial charge in [-0.05, 0) is 19.2 Å². The molecule has 3 nitrogen and oxygen atoms in total. The van der Waals surface area contributed by atoms with Crippen molar-refractivity contribution < 1.29 is 9.16 Å². The van der Waals surface area contributed by atoms with Crippen LogP contribution < -0.4 is 0 Å². The fraction of sp³-hybridized carbons (Fsp3) is 0.444. The predicted octanol–water partition coefficient (Wildman–Crippen LogP) is 2.26. The molecule has 0 unspecified atom stereocenters. The van der Waals surface area contributed by atoms with Crippen molar-refractivity contribution >= 4 is 17.5 Å². The van der Waals surface area contributed by atoms with E-state index in [1.807, 2.05) is 19.2 Å². The van der Waals surface area contributed by atoms with E-state index in [4.69, 9.17) is 4.42 Å². The average molecular weight is 199 g/mol. The van der Waals surface area contributed by atoms with Crippen LogP contribution in [-0.2, 0) is 0 Å². The van der Waals surface area contributed by atoms with E-state index in [-0.39, 0.29) is 0 Å². The summed E-state index contributed by atoms with van der Waals surface area (Å²) in [5.74, 6) is 0.652. The lowest BCUT2D eigenvalue weighted by Crippen LogP contribution is -2.07. The second-order valence-electron chi connectivity index (χ2n) is 2.87. The lowest BCUT2D eigenvalue weighted by molar-refractivity contribution is -0.423. The number of furan rings is 1. The van der Waals surface area contributed by atoms with E-state index in [0.29, 0.717) is 11.5 Å². The maximum Gasteiger partial charge on any atom is 0.226 e. The van der Waals surface area contributed by atoms with Crippen molar-refractivity contribution in [3.05, 3.63) is 22.6 Å². The molecule has 1 aromatic heterocycles. The quantitative estimate of drug-likeness (QED) is 0.241. The molecule has 0 N–H and O–H groups in total. The van der Waals surface area contributed by atoms with Crippen LogP contribution in [0.15, 0.2) is 15.6 Å². The molecule has 1 rings (SSSR count). The van der Waals surface area contributed by atoms with Crippen molar-refractivity contribution in [3.63, 3.8) is 0 Å². The Morgan fingerprint density at radius 2 is 2.23 bits per heavy atom. The Labute approximate surface area is 82.0 Å². The van der Waals surface area contributed by atoms with Crippen molar-refractivity contribution in [1.29, 1.82) is 0 Å². The molecule has 0 saturated carbocycles. The molecule has 0 fully saturated rings. The normalized spacial score (nSPS) is 12.9. The van der Waals surface area contributed by atoms with Crippen LogP contribution in [0.2, 0.25) is 0 Å². The van der Waals surface area contributed by atoms with Crippen molar-refractivity contribution in [2.24, 2.45) is 0 Å². The molecule has 13 heavy (non-hydrogen) atoms. The van der Waals surface area contributed by atoms with E-state index in [1.54, 1.807) is 18.7 Å². The fourth-order valence-corrected chi connectivity index (χ4v) is 1.56. The Hall–Kier alpha value is -0.900. The zero-order chi connectivity index (χ0) is 10.0. The summed E-state index contributed by atoms with van der Waals surface area (Å²) in [7, 11) is 1.46. The minimum Gasteiger partial charge on any atom is -0.624 e. The molecule has 0 aliphatic rings. The van der Waals surface area contributed by atoms with Crippen molar-refractivity contribution in [2.45, 2.75) is 18.9 Å². The molecular weight excluding hydrogens is 186 g/mol. The number of aryl methyl sites for hydroxylation is 1. The van der Waals surface area contributed by atoms with E-state index >= 15 is 0 Å². The monoisotopic (exact) mass is 199 g/mol. The summed E-state index contributed by atoms with van der Waals surface area (Å²) in [5, 5.41) is 11.8. The Morgan fingerprint density at radius 1 is 1.62 bits per heavy atom. The first-order valence-corrected chi connectivity index (χ1v) is 5.18. The number of rotatable bonds is 2. The Morgan fingerprint density at radius 3 is 2.62 bits per heavy atom. The molecule has 72 valence electrons. The highest BCUT2D eigenvalue weighted by Crippen LogP contribution is 2.23. The van der Waals surface area contributed by atoms with Crippen LogP contribution in [0.1, 0.15) is 18.2 Å². The first-order chi connectivity index (χ1) is 6.06. The number of hydrogen-bond acceptors (Lipinski definition) is 3. The largest absolute Gasteiger partial charge is 0.624 e. The molecule has 0 bridgehead atoms. The summed E-state index contributed by atoms with van der Waals surface area (Å²) < 4.78 is 6.28. The SMILES string of the molecule is CSc1oc(C(C)=[N+](C)[O-])cc1C. The minimum atomic E-state index is 0.600. The van der Waals surface area contributed by atoms with Gasteiger partial charge in [0.2, 0.25) is 5.71 Å². The lowest BCUT2D eigenvalue weighted by atomic mass is 10.3. The van der Waals surface area contributed by atoms with Crippen molar-refractivity contribution in [3.8, 4) is 0 Å². The molecule has 0 spiro atoms. The number of thioether (sulfide) groups is 1. The molecule has 0 aliphatic carbocycles. The Balaban J connectivity index is 3.11. The van der Waals surface area contributed by atoms with Crippen LogP contribution in [0.5, 0.6) is 0 Å². The van der Waals surface area contributed by atoms with Gasteiger partial charge in [-0.15, -0.1) is 0 Å². The molecule has 0 amide bonds. The Bertz CT molecular complexity index is 337. The molecule has 4 heteroatoms. The smallest absolute Gasteiger partial charge is 0.226 e. The van der Waals surface area contributed by atoms with Gasteiger partial charge in [0.25, 0.3) is 0 Å². The van der Waals surface area contributed by atoms with Gasteiger partial charge in [0.15, 0.2) is 10.9 Å². The zero-order valence-corrected chi connectivity index (χ0v) is 9.07. The second-order valence-corrected chi connectivity index (χ2v) is 3.65. The highest BCUT2D eigenvalue weighted by atomic mass is 32.2. The molecular formula is C9H13NO2S. The molecule has 1 heterocycles. The van der Waals surface area contributed by atoms with E-state index in [1.165, 1.54) is 7.05 Å². The predicted molar refractivity (Wildman–Crippen MR) is 54.6 cm³/mol. The van der Waals surface area contributed by atoms with Crippen molar-refractivity contribution in [1.82, 2.24) is 0 Å². The lowest BCUT2D eigenvalue weighted by Gasteiger charge is -1.98. The summed E-state index contributed by atoms with van der Waals surface area (Å²) in [6, 6.07) is 1.88. The van der Waals surface area contributed by atoms with E-state index in [2.05, 4.69) is 0 Å². The van der Waals surface area contributed by atoms with Crippen molar-refractivity contribution in [2.75, 3.05) is 13.3 Å². The van der Waals surface area contributed by atoms with Crippen LogP contribution in [0, 0.1) is 12.1 Å². The second kappa shape index (κ2) is 3.87. The van der Waals surface area contributed by atoms with Gasteiger partial charge in [-0.25, -0.2) is 4.74 Å². The maximum absolute atomic E-state index is 11.0. The fourth-order valence-electron chi connectivity index (χ4n) is 1.00. The van der Waals surface area contributed by atoms with Crippen LogP contribution in [-0.4, -0.2) is 23.8 Å². The molecule has 0 aromatic carbocycles. The summed E-state index contributed by atoms with van der Waals surface area (Å²) in [6.45, 7) is 3.71. The van der Waals surface area contributed by atoms with Gasteiger partial charge in [-0.3, -0.25) is 0 Å². The zero-order valence-electron chi connectivity index (χ0n) is 8.25. The van der Waals surface area contributed by atoms with Gasteiger partial charge in [0.1, 0.15) is 7.05 Å².